The van der Waals surface area contributed by atoms with Crippen LogP contribution >= 0.6 is 0 Å². The van der Waals surface area contributed by atoms with Gasteiger partial charge in [0.1, 0.15) is 0 Å². The summed E-state index contributed by atoms with van der Waals surface area (Å²) >= 11 is 0. The first-order valence-electron chi connectivity index (χ1n) is 12.8. The Bertz CT molecular complexity index is 1490. The van der Waals surface area contributed by atoms with Crippen LogP contribution in [0.4, 0.5) is 0 Å². The maximum Gasteiger partial charge on any atom is 0.0491 e. The van der Waals surface area contributed by atoms with Gasteiger partial charge in [-0.2, -0.15) is 0 Å². The number of aryl methyl sites for hydroxylation is 3. The third-order valence-electron chi connectivity index (χ3n) is 7.64. The Morgan fingerprint density at radius 3 is 2.03 bits per heavy atom. The molecule has 0 bridgehead atoms. The summed E-state index contributed by atoms with van der Waals surface area (Å²) in [6.45, 7) is 9.07. The van der Waals surface area contributed by atoms with E-state index in [9.17, 15) is 0 Å². The van der Waals surface area contributed by atoms with Crippen molar-refractivity contribution in [3.63, 3.8) is 0 Å². The summed E-state index contributed by atoms with van der Waals surface area (Å²) in [6, 6.07) is 24.7. The molecule has 2 heteroatoms. The predicted octanol–water partition coefficient (Wildman–Crippen LogP) is 8.52. The van der Waals surface area contributed by atoms with Gasteiger partial charge in [0.05, 0.1) is 0 Å². The van der Waals surface area contributed by atoms with E-state index in [0.717, 1.165) is 19.5 Å². The number of aromatic nitrogens is 2. The van der Waals surface area contributed by atoms with Crippen LogP contribution in [0.15, 0.2) is 72.8 Å². The average Bonchev–Trinajstić information content (AvgIpc) is 3.30. The first kappa shape index (κ1) is 21.3. The van der Waals surface area contributed by atoms with Gasteiger partial charge >= 0.3 is 0 Å². The van der Waals surface area contributed by atoms with Crippen molar-refractivity contribution in [2.24, 2.45) is 5.41 Å². The Balaban J connectivity index is 1.21. The molecule has 0 spiro atoms. The van der Waals surface area contributed by atoms with Crippen molar-refractivity contribution in [2.45, 2.75) is 59.5 Å². The van der Waals surface area contributed by atoms with E-state index in [4.69, 9.17) is 0 Å². The Labute approximate surface area is 202 Å². The highest BCUT2D eigenvalue weighted by Gasteiger charge is 2.26. The van der Waals surface area contributed by atoms with Crippen LogP contribution in [0.5, 0.6) is 0 Å². The quantitative estimate of drug-likeness (QED) is 0.231. The standard InChI is InChI=1S/C32H34N2/c1-23-15-16-30-26(21-23)27-22-32(2,3)18-17-31(27)34(30)20-10-4-9-19-33-28-13-7-5-11-24(28)25-12-6-8-14-29(25)33/h5-8,11-18,21H,4,9-10,19-20,22H2,1-3H3. The molecule has 2 aromatic heterocycles. The molecule has 0 saturated heterocycles. The summed E-state index contributed by atoms with van der Waals surface area (Å²) in [5.41, 5.74) is 8.68. The van der Waals surface area contributed by atoms with Gasteiger partial charge in [-0.1, -0.05) is 68.0 Å². The molecule has 0 amide bonds. The lowest BCUT2D eigenvalue weighted by Crippen LogP contribution is -2.16. The fourth-order valence-electron chi connectivity index (χ4n) is 5.95. The molecule has 1 aliphatic rings. The zero-order valence-electron chi connectivity index (χ0n) is 20.6. The van der Waals surface area contributed by atoms with Crippen molar-refractivity contribution < 1.29 is 0 Å². The topological polar surface area (TPSA) is 9.86 Å². The Morgan fingerprint density at radius 2 is 1.32 bits per heavy atom. The predicted molar refractivity (Wildman–Crippen MR) is 146 cm³/mol. The van der Waals surface area contributed by atoms with Crippen LogP contribution in [0.2, 0.25) is 0 Å². The average molecular weight is 447 g/mol. The van der Waals surface area contributed by atoms with Crippen LogP contribution in [0.1, 0.15) is 49.9 Å². The number of para-hydroxylation sites is 2. The fraction of sp³-hybridized carbons (Fsp3) is 0.312. The molecular formula is C32H34N2. The molecule has 3 aromatic carbocycles. The van der Waals surface area contributed by atoms with Crippen LogP contribution in [0, 0.1) is 12.3 Å². The minimum Gasteiger partial charge on any atom is -0.341 e. The van der Waals surface area contributed by atoms with E-state index in [0.29, 0.717) is 0 Å². The van der Waals surface area contributed by atoms with Crippen molar-refractivity contribution >= 4 is 38.8 Å². The highest BCUT2D eigenvalue weighted by molar-refractivity contribution is 6.07. The first-order chi connectivity index (χ1) is 16.5. The van der Waals surface area contributed by atoms with Gasteiger partial charge in [-0.15, -0.1) is 0 Å². The largest absolute Gasteiger partial charge is 0.341 e. The molecular weight excluding hydrogens is 412 g/mol. The zero-order chi connectivity index (χ0) is 23.3. The Kier molecular flexibility index (Phi) is 5.13. The van der Waals surface area contributed by atoms with E-state index in [1.54, 1.807) is 0 Å². The third kappa shape index (κ3) is 3.57. The number of nitrogens with zero attached hydrogens (tertiary/aromatic N) is 2. The van der Waals surface area contributed by atoms with Gasteiger partial charge in [-0.05, 0) is 73.9 Å². The SMILES string of the molecule is Cc1ccc2c(c1)c1c(n2CCCCCn2c3ccccc3c3ccccc32)C=CC(C)(C)C1. The van der Waals surface area contributed by atoms with Gasteiger partial charge in [0.2, 0.25) is 0 Å². The maximum atomic E-state index is 2.58. The molecule has 6 rings (SSSR count). The van der Waals surface area contributed by atoms with Crippen LogP contribution in [-0.4, -0.2) is 9.13 Å². The number of benzene rings is 3. The Hall–Kier alpha value is -3.26. The van der Waals surface area contributed by atoms with E-state index >= 15 is 0 Å². The molecule has 1 aliphatic carbocycles. The molecule has 2 heterocycles. The monoisotopic (exact) mass is 446 g/mol. The summed E-state index contributed by atoms with van der Waals surface area (Å²) in [5, 5.41) is 4.19. The minimum atomic E-state index is 0.234. The second-order valence-corrected chi connectivity index (χ2v) is 10.8. The van der Waals surface area contributed by atoms with Crippen molar-refractivity contribution in [1.29, 1.82) is 0 Å². The van der Waals surface area contributed by atoms with Crippen molar-refractivity contribution in [2.75, 3.05) is 0 Å². The molecule has 0 unspecified atom stereocenters. The molecule has 5 aromatic rings. The van der Waals surface area contributed by atoms with E-state index in [1.165, 1.54) is 68.8 Å². The highest BCUT2D eigenvalue weighted by atomic mass is 15.0. The summed E-state index contributed by atoms with van der Waals surface area (Å²) in [4.78, 5) is 0. The van der Waals surface area contributed by atoms with Crippen molar-refractivity contribution in [3.8, 4) is 0 Å². The fourth-order valence-corrected chi connectivity index (χ4v) is 5.95. The smallest absolute Gasteiger partial charge is 0.0491 e. The molecule has 0 radical (unpaired) electrons. The second-order valence-electron chi connectivity index (χ2n) is 10.8. The van der Waals surface area contributed by atoms with E-state index in [1.807, 2.05) is 0 Å². The lowest BCUT2D eigenvalue weighted by molar-refractivity contribution is 0.473. The second kappa shape index (κ2) is 8.20. The summed E-state index contributed by atoms with van der Waals surface area (Å²) < 4.78 is 5.10. The molecule has 0 fully saturated rings. The van der Waals surface area contributed by atoms with Gasteiger partial charge in [0.15, 0.2) is 0 Å². The van der Waals surface area contributed by atoms with Gasteiger partial charge in [0, 0.05) is 51.5 Å². The van der Waals surface area contributed by atoms with E-state index in [-0.39, 0.29) is 5.41 Å². The van der Waals surface area contributed by atoms with Crippen molar-refractivity contribution in [1.82, 2.24) is 9.13 Å². The first-order valence-corrected chi connectivity index (χ1v) is 12.8. The number of hydrogen-bond donors (Lipinski definition) is 0. The lowest BCUT2D eigenvalue weighted by atomic mass is 9.81. The van der Waals surface area contributed by atoms with Gasteiger partial charge in [-0.25, -0.2) is 0 Å². The molecule has 172 valence electrons. The minimum absolute atomic E-state index is 0.234. The number of allylic oxidation sites excluding steroid dienone is 1. The van der Waals surface area contributed by atoms with E-state index < -0.39 is 0 Å². The van der Waals surface area contributed by atoms with Crippen molar-refractivity contribution in [3.05, 3.63) is 89.6 Å². The third-order valence-corrected chi connectivity index (χ3v) is 7.64. The molecule has 34 heavy (non-hydrogen) atoms. The van der Waals surface area contributed by atoms with E-state index in [2.05, 4.69) is 109 Å². The summed E-state index contributed by atoms with van der Waals surface area (Å²) in [6.07, 6.45) is 9.55. The summed E-state index contributed by atoms with van der Waals surface area (Å²) in [7, 11) is 0. The van der Waals surface area contributed by atoms with Gasteiger partial charge < -0.3 is 9.13 Å². The molecule has 0 saturated carbocycles. The lowest BCUT2D eigenvalue weighted by Gasteiger charge is -2.25. The van der Waals surface area contributed by atoms with Crippen LogP contribution in [-0.2, 0) is 19.5 Å². The van der Waals surface area contributed by atoms with Crippen LogP contribution in [0.3, 0.4) is 0 Å². The number of fused-ring (bicyclic) bond motifs is 6. The maximum absolute atomic E-state index is 2.58. The Morgan fingerprint density at radius 1 is 0.706 bits per heavy atom. The normalized spacial score (nSPS) is 14.9. The number of hydrogen-bond acceptors (Lipinski definition) is 0. The number of unbranched alkanes of at least 4 members (excludes halogenated alkanes) is 2. The van der Waals surface area contributed by atoms with Gasteiger partial charge in [-0.3, -0.25) is 0 Å². The highest BCUT2D eigenvalue weighted by Crippen LogP contribution is 2.38. The summed E-state index contributed by atoms with van der Waals surface area (Å²) in [5.74, 6) is 0. The van der Waals surface area contributed by atoms with Gasteiger partial charge in [0.25, 0.3) is 0 Å². The number of rotatable bonds is 6. The molecule has 2 nitrogen and oxygen atoms in total. The zero-order valence-corrected chi connectivity index (χ0v) is 20.6. The molecule has 0 N–H and O–H groups in total. The molecule has 0 atom stereocenters. The van der Waals surface area contributed by atoms with Crippen LogP contribution < -0.4 is 0 Å². The van der Waals surface area contributed by atoms with Crippen LogP contribution in [0.25, 0.3) is 38.8 Å². The molecule has 0 aliphatic heterocycles.